The zero-order valence-corrected chi connectivity index (χ0v) is 17.9. The van der Waals surface area contributed by atoms with Crippen LogP contribution in [-0.2, 0) is 11.4 Å². The molecule has 0 unspecified atom stereocenters. The van der Waals surface area contributed by atoms with Gasteiger partial charge in [0.05, 0.1) is 28.4 Å². The summed E-state index contributed by atoms with van der Waals surface area (Å²) in [7, 11) is 0. The molecule has 1 atom stereocenters. The van der Waals surface area contributed by atoms with E-state index in [9.17, 15) is 10.1 Å². The average molecular weight is 473 g/mol. The van der Waals surface area contributed by atoms with E-state index in [0.29, 0.717) is 21.3 Å². The topological polar surface area (TPSA) is 98.3 Å². The molecule has 31 heavy (non-hydrogen) atoms. The maximum absolute atomic E-state index is 12.3. The van der Waals surface area contributed by atoms with Crippen molar-refractivity contribution in [1.29, 1.82) is 10.5 Å². The molecule has 0 aliphatic heterocycles. The molecule has 7 heteroatoms. The van der Waals surface area contributed by atoms with Crippen molar-refractivity contribution in [3.05, 3.63) is 99.5 Å². The molecule has 3 aromatic rings. The number of nitriles is 2. The number of ether oxygens (including phenoxy) is 1. The Labute approximate surface area is 188 Å². The predicted octanol–water partition coefficient (Wildman–Crippen LogP) is 4.66. The normalized spacial score (nSPS) is 11.3. The Hall–Kier alpha value is -3.94. The van der Waals surface area contributed by atoms with Gasteiger partial charge in [0.1, 0.15) is 12.4 Å². The summed E-state index contributed by atoms with van der Waals surface area (Å²) in [5.74, 6) is -0.820. The first-order valence-electron chi connectivity index (χ1n) is 9.30. The maximum Gasteiger partial charge on any atom is 0.261 e. The monoisotopic (exact) mass is 472 g/mol. The van der Waals surface area contributed by atoms with Crippen LogP contribution in [0.3, 0.4) is 0 Å². The molecule has 3 aromatic carbocycles. The molecule has 0 saturated carbocycles. The maximum atomic E-state index is 12.3. The first kappa shape index (κ1) is 21.8. The van der Waals surface area contributed by atoms with Crippen LogP contribution in [-0.4, -0.2) is 12.1 Å². The molecule has 0 heterocycles. The number of hydrogen-bond donors (Lipinski definition) is 1. The first-order chi connectivity index (χ1) is 15.1. The van der Waals surface area contributed by atoms with E-state index in [0.717, 1.165) is 11.1 Å². The lowest BCUT2D eigenvalue weighted by Crippen LogP contribution is -2.24. The van der Waals surface area contributed by atoms with Crippen molar-refractivity contribution >= 4 is 28.1 Å². The Morgan fingerprint density at radius 3 is 2.55 bits per heavy atom. The molecule has 0 bridgehead atoms. The van der Waals surface area contributed by atoms with Crippen LogP contribution in [0, 0.1) is 22.7 Å². The molecule has 1 N–H and O–H groups in total. The number of amides is 1. The van der Waals surface area contributed by atoms with E-state index in [2.05, 4.69) is 32.5 Å². The van der Waals surface area contributed by atoms with Gasteiger partial charge >= 0.3 is 0 Å². The lowest BCUT2D eigenvalue weighted by atomic mass is 10.0. The number of nitrogens with zero attached hydrogens (tertiary/aromatic N) is 3. The summed E-state index contributed by atoms with van der Waals surface area (Å²) in [5, 5.41) is 22.4. The van der Waals surface area contributed by atoms with Gasteiger partial charge in [0.15, 0.2) is 5.92 Å². The number of carbonyl (C=O) groups excluding carboxylic acids is 1. The molecule has 0 spiro atoms. The standard InChI is InChI=1S/C24H17BrN4O2/c25-22-12-17(10-11-23(22)31-16-20-9-5-4-8-19(20)13-26)15-28-29-24(30)21(14-27)18-6-2-1-3-7-18/h1-12,15,21H,16H2,(H,29,30)/b28-15-/t21-/m0/s1. The van der Waals surface area contributed by atoms with Crippen molar-refractivity contribution in [3.8, 4) is 17.9 Å². The lowest BCUT2D eigenvalue weighted by molar-refractivity contribution is -0.121. The van der Waals surface area contributed by atoms with Crippen molar-refractivity contribution in [2.45, 2.75) is 12.5 Å². The van der Waals surface area contributed by atoms with Crippen LogP contribution >= 0.6 is 15.9 Å². The highest BCUT2D eigenvalue weighted by atomic mass is 79.9. The van der Waals surface area contributed by atoms with E-state index >= 15 is 0 Å². The highest BCUT2D eigenvalue weighted by molar-refractivity contribution is 9.10. The molecule has 152 valence electrons. The summed E-state index contributed by atoms with van der Waals surface area (Å²) in [6, 6.07) is 25.6. The fourth-order valence-corrected chi connectivity index (χ4v) is 3.30. The molecule has 1 amide bonds. The minimum atomic E-state index is -0.933. The zero-order valence-electron chi connectivity index (χ0n) is 16.3. The zero-order chi connectivity index (χ0) is 22.1. The predicted molar refractivity (Wildman–Crippen MR) is 120 cm³/mol. The van der Waals surface area contributed by atoms with E-state index in [-0.39, 0.29) is 6.61 Å². The molecule has 0 aliphatic rings. The lowest BCUT2D eigenvalue weighted by Gasteiger charge is -2.10. The van der Waals surface area contributed by atoms with Crippen LogP contribution in [0.25, 0.3) is 0 Å². The third kappa shape index (κ3) is 5.79. The first-order valence-corrected chi connectivity index (χ1v) is 10.1. The second kappa shape index (κ2) is 10.7. The van der Waals surface area contributed by atoms with Gasteiger partial charge in [-0.15, -0.1) is 0 Å². The van der Waals surface area contributed by atoms with E-state index in [4.69, 9.17) is 10.00 Å². The average Bonchev–Trinajstić information content (AvgIpc) is 2.80. The van der Waals surface area contributed by atoms with Crippen molar-refractivity contribution < 1.29 is 9.53 Å². The summed E-state index contributed by atoms with van der Waals surface area (Å²) >= 11 is 3.46. The van der Waals surface area contributed by atoms with Gasteiger partial charge in [-0.25, -0.2) is 5.43 Å². The Balaban J connectivity index is 1.61. The summed E-state index contributed by atoms with van der Waals surface area (Å²) in [5.41, 5.74) is 5.12. The number of halogens is 1. The molecule has 6 nitrogen and oxygen atoms in total. The van der Waals surface area contributed by atoms with Gasteiger partial charge in [-0.05, 0) is 51.3 Å². The van der Waals surface area contributed by atoms with E-state index < -0.39 is 11.8 Å². The number of rotatable bonds is 7. The highest BCUT2D eigenvalue weighted by Gasteiger charge is 2.19. The molecular weight excluding hydrogens is 456 g/mol. The molecule has 0 aromatic heterocycles. The van der Waals surface area contributed by atoms with Crippen LogP contribution in [0.1, 0.15) is 28.2 Å². The fourth-order valence-electron chi connectivity index (χ4n) is 2.79. The summed E-state index contributed by atoms with van der Waals surface area (Å²) in [6.45, 7) is 0.265. The van der Waals surface area contributed by atoms with E-state index in [1.807, 2.05) is 30.3 Å². The van der Waals surface area contributed by atoms with Gasteiger partial charge in [-0.3, -0.25) is 4.79 Å². The van der Waals surface area contributed by atoms with Gasteiger partial charge < -0.3 is 4.74 Å². The largest absolute Gasteiger partial charge is 0.488 e. The molecule has 0 aliphatic carbocycles. The van der Waals surface area contributed by atoms with Crippen molar-refractivity contribution in [2.75, 3.05) is 0 Å². The van der Waals surface area contributed by atoms with E-state index in [1.165, 1.54) is 6.21 Å². The molecule has 3 rings (SSSR count). The molecule has 0 radical (unpaired) electrons. The third-order valence-electron chi connectivity index (χ3n) is 4.39. The van der Waals surface area contributed by atoms with Crippen LogP contribution in [0.15, 0.2) is 82.4 Å². The smallest absolute Gasteiger partial charge is 0.261 e. The third-order valence-corrected chi connectivity index (χ3v) is 5.01. The van der Waals surface area contributed by atoms with Crippen LogP contribution in [0.4, 0.5) is 0 Å². The quantitative estimate of drug-likeness (QED) is 0.399. The Morgan fingerprint density at radius 2 is 1.84 bits per heavy atom. The Kier molecular flexibility index (Phi) is 7.53. The number of carbonyl (C=O) groups is 1. The summed E-state index contributed by atoms with van der Waals surface area (Å²) < 4.78 is 6.51. The second-order valence-electron chi connectivity index (χ2n) is 6.45. The summed E-state index contributed by atoms with van der Waals surface area (Å²) in [6.07, 6.45) is 1.48. The summed E-state index contributed by atoms with van der Waals surface area (Å²) in [4.78, 5) is 12.3. The fraction of sp³-hybridized carbons (Fsp3) is 0.0833. The van der Waals surface area contributed by atoms with Crippen LogP contribution < -0.4 is 10.2 Å². The van der Waals surface area contributed by atoms with Crippen LogP contribution in [0.2, 0.25) is 0 Å². The van der Waals surface area contributed by atoms with Crippen molar-refractivity contribution in [2.24, 2.45) is 5.10 Å². The minimum Gasteiger partial charge on any atom is -0.488 e. The van der Waals surface area contributed by atoms with Gasteiger partial charge in [0.25, 0.3) is 5.91 Å². The Morgan fingerprint density at radius 1 is 1.10 bits per heavy atom. The number of hydrazone groups is 1. The SMILES string of the molecule is N#Cc1ccccc1COc1ccc(/C=N\NC(=O)[C@@H](C#N)c2ccccc2)cc1Br. The van der Waals surface area contributed by atoms with E-state index in [1.54, 1.807) is 48.5 Å². The van der Waals surface area contributed by atoms with Gasteiger partial charge in [0.2, 0.25) is 0 Å². The number of benzene rings is 3. The van der Waals surface area contributed by atoms with Gasteiger partial charge in [-0.2, -0.15) is 15.6 Å². The Bertz CT molecular complexity index is 1180. The van der Waals surface area contributed by atoms with Gasteiger partial charge in [-0.1, -0.05) is 48.5 Å². The van der Waals surface area contributed by atoms with Gasteiger partial charge in [0, 0.05) is 5.56 Å². The highest BCUT2D eigenvalue weighted by Crippen LogP contribution is 2.26. The number of hydrogen-bond acceptors (Lipinski definition) is 5. The second-order valence-corrected chi connectivity index (χ2v) is 7.31. The molecule has 0 fully saturated rings. The minimum absolute atomic E-state index is 0.265. The number of nitrogens with one attached hydrogen (secondary N) is 1. The van der Waals surface area contributed by atoms with Crippen molar-refractivity contribution in [1.82, 2.24) is 5.43 Å². The van der Waals surface area contributed by atoms with Crippen LogP contribution in [0.5, 0.6) is 5.75 Å². The molecule has 0 saturated heterocycles. The molecular formula is C24H17BrN4O2. The van der Waals surface area contributed by atoms with Crippen molar-refractivity contribution in [3.63, 3.8) is 0 Å².